The SMILES string of the molecule is NC(=S)C(NS(=O)(=O)Cc1ccccc1)C1CC1. The maximum Gasteiger partial charge on any atom is 0.216 e. The highest BCUT2D eigenvalue weighted by Gasteiger charge is 2.35. The van der Waals surface area contributed by atoms with Gasteiger partial charge in [-0.25, -0.2) is 13.1 Å². The van der Waals surface area contributed by atoms with Gasteiger partial charge in [0.2, 0.25) is 10.0 Å². The third-order valence-electron chi connectivity index (χ3n) is 2.91. The Morgan fingerprint density at radius 2 is 2.00 bits per heavy atom. The van der Waals surface area contributed by atoms with Crippen molar-refractivity contribution in [2.75, 3.05) is 0 Å². The molecule has 98 valence electrons. The Hall–Kier alpha value is -0.980. The van der Waals surface area contributed by atoms with Crippen LogP contribution in [0.2, 0.25) is 0 Å². The Balaban J connectivity index is 2.04. The van der Waals surface area contributed by atoms with E-state index in [1.165, 1.54) is 0 Å². The summed E-state index contributed by atoms with van der Waals surface area (Å²) in [4.78, 5) is 0.231. The van der Waals surface area contributed by atoms with Crippen molar-refractivity contribution in [2.45, 2.75) is 24.6 Å². The normalized spacial score (nSPS) is 17.3. The largest absolute Gasteiger partial charge is 0.392 e. The van der Waals surface area contributed by atoms with Gasteiger partial charge in [0.25, 0.3) is 0 Å². The van der Waals surface area contributed by atoms with Crippen molar-refractivity contribution in [3.8, 4) is 0 Å². The molecule has 1 atom stereocenters. The molecule has 0 aromatic heterocycles. The summed E-state index contributed by atoms with van der Waals surface area (Å²) in [5, 5.41) is 0. The molecule has 6 heteroatoms. The molecule has 1 aromatic carbocycles. The van der Waals surface area contributed by atoms with E-state index >= 15 is 0 Å². The predicted molar refractivity (Wildman–Crippen MR) is 75.5 cm³/mol. The zero-order chi connectivity index (χ0) is 13.2. The molecule has 0 radical (unpaired) electrons. The molecule has 0 bridgehead atoms. The highest BCUT2D eigenvalue weighted by atomic mass is 32.2. The first-order chi connectivity index (χ1) is 8.48. The van der Waals surface area contributed by atoms with Gasteiger partial charge in [-0.05, 0) is 24.3 Å². The number of hydrogen-bond acceptors (Lipinski definition) is 3. The molecule has 0 amide bonds. The van der Waals surface area contributed by atoms with E-state index in [1.807, 2.05) is 18.2 Å². The number of rotatable bonds is 6. The number of nitrogens with one attached hydrogen (secondary N) is 1. The maximum atomic E-state index is 12.0. The molecule has 18 heavy (non-hydrogen) atoms. The minimum absolute atomic E-state index is 0.0420. The average molecular weight is 284 g/mol. The molecule has 1 aliphatic rings. The first kappa shape index (κ1) is 13.5. The first-order valence-electron chi connectivity index (χ1n) is 5.81. The fraction of sp³-hybridized carbons (Fsp3) is 0.417. The molecule has 1 saturated carbocycles. The van der Waals surface area contributed by atoms with Crippen LogP contribution in [0.15, 0.2) is 30.3 Å². The van der Waals surface area contributed by atoms with E-state index in [4.69, 9.17) is 18.0 Å². The van der Waals surface area contributed by atoms with Crippen molar-refractivity contribution in [3.63, 3.8) is 0 Å². The smallest absolute Gasteiger partial charge is 0.216 e. The molecule has 3 N–H and O–H groups in total. The van der Waals surface area contributed by atoms with E-state index in [-0.39, 0.29) is 16.7 Å². The number of sulfonamides is 1. The molecule has 0 saturated heterocycles. The van der Waals surface area contributed by atoms with Crippen molar-refractivity contribution in [1.29, 1.82) is 0 Å². The zero-order valence-corrected chi connectivity index (χ0v) is 11.5. The van der Waals surface area contributed by atoms with Gasteiger partial charge in [0.05, 0.1) is 16.8 Å². The van der Waals surface area contributed by atoms with Crippen molar-refractivity contribution < 1.29 is 8.42 Å². The fourth-order valence-corrected chi connectivity index (χ4v) is 3.59. The van der Waals surface area contributed by atoms with Crippen molar-refractivity contribution in [1.82, 2.24) is 4.72 Å². The van der Waals surface area contributed by atoms with Crippen LogP contribution < -0.4 is 10.5 Å². The molecule has 1 unspecified atom stereocenters. The number of nitrogens with two attached hydrogens (primary N) is 1. The molecule has 1 aliphatic carbocycles. The Labute approximate surface area is 113 Å². The second-order valence-corrected chi connectivity index (χ2v) is 6.81. The van der Waals surface area contributed by atoms with Crippen molar-refractivity contribution >= 4 is 27.2 Å². The van der Waals surface area contributed by atoms with E-state index in [0.717, 1.165) is 18.4 Å². The summed E-state index contributed by atoms with van der Waals surface area (Å²) in [6, 6.07) is 8.66. The molecular formula is C12H16N2O2S2. The van der Waals surface area contributed by atoms with Gasteiger partial charge in [-0.3, -0.25) is 0 Å². The molecule has 1 fully saturated rings. The Bertz CT molecular complexity index is 524. The van der Waals surface area contributed by atoms with Crippen LogP contribution in [-0.4, -0.2) is 19.4 Å². The molecule has 0 heterocycles. The van der Waals surface area contributed by atoms with Gasteiger partial charge in [-0.15, -0.1) is 0 Å². The van der Waals surface area contributed by atoms with Crippen LogP contribution in [-0.2, 0) is 15.8 Å². The minimum Gasteiger partial charge on any atom is -0.392 e. The Morgan fingerprint density at radius 1 is 1.39 bits per heavy atom. The number of hydrogen-bond donors (Lipinski definition) is 2. The van der Waals surface area contributed by atoms with Gasteiger partial charge in [0.15, 0.2) is 0 Å². The molecule has 4 nitrogen and oxygen atoms in total. The summed E-state index contributed by atoms with van der Waals surface area (Å²) in [7, 11) is -3.40. The highest BCUT2D eigenvalue weighted by molar-refractivity contribution is 7.88. The van der Waals surface area contributed by atoms with Gasteiger partial charge in [-0.1, -0.05) is 42.5 Å². The Kier molecular flexibility index (Phi) is 3.99. The standard InChI is InChI=1S/C12H16N2O2S2/c13-12(17)11(10-6-7-10)14-18(15,16)8-9-4-2-1-3-5-9/h1-5,10-11,14H,6-8H2,(H2,13,17). The molecule has 1 aromatic rings. The summed E-state index contributed by atoms with van der Waals surface area (Å²) in [5.74, 6) is 0.229. The van der Waals surface area contributed by atoms with Crippen LogP contribution in [0.3, 0.4) is 0 Å². The summed E-state index contributed by atoms with van der Waals surface area (Å²) in [6.07, 6.45) is 1.96. The zero-order valence-electron chi connectivity index (χ0n) is 9.87. The van der Waals surface area contributed by atoms with Crippen LogP contribution in [0.4, 0.5) is 0 Å². The first-order valence-corrected chi connectivity index (χ1v) is 7.87. The van der Waals surface area contributed by atoms with E-state index in [0.29, 0.717) is 0 Å². The van der Waals surface area contributed by atoms with Gasteiger partial charge in [-0.2, -0.15) is 0 Å². The molecule has 0 aliphatic heterocycles. The lowest BCUT2D eigenvalue weighted by atomic mass is 10.2. The van der Waals surface area contributed by atoms with Gasteiger partial charge < -0.3 is 5.73 Å². The van der Waals surface area contributed by atoms with E-state index < -0.39 is 16.1 Å². The predicted octanol–water partition coefficient (Wildman–Crippen LogP) is 1.17. The lowest BCUT2D eigenvalue weighted by molar-refractivity contribution is 0.564. The number of thiocarbonyl (C=S) groups is 1. The van der Waals surface area contributed by atoms with Gasteiger partial charge in [0.1, 0.15) is 0 Å². The molecule has 0 spiro atoms. The summed E-state index contributed by atoms with van der Waals surface area (Å²) >= 11 is 4.92. The molecule has 2 rings (SSSR count). The van der Waals surface area contributed by atoms with Crippen molar-refractivity contribution in [3.05, 3.63) is 35.9 Å². The highest BCUT2D eigenvalue weighted by Crippen LogP contribution is 2.33. The third kappa shape index (κ3) is 3.76. The quantitative estimate of drug-likeness (QED) is 0.769. The third-order valence-corrected chi connectivity index (χ3v) is 4.49. The fourth-order valence-electron chi connectivity index (χ4n) is 1.84. The van der Waals surface area contributed by atoms with Gasteiger partial charge in [0, 0.05) is 0 Å². The maximum absolute atomic E-state index is 12.0. The monoisotopic (exact) mass is 284 g/mol. The lowest BCUT2D eigenvalue weighted by Gasteiger charge is -2.16. The van der Waals surface area contributed by atoms with Crippen LogP contribution >= 0.6 is 12.2 Å². The van der Waals surface area contributed by atoms with E-state index in [2.05, 4.69) is 4.72 Å². The van der Waals surface area contributed by atoms with E-state index in [9.17, 15) is 8.42 Å². The van der Waals surface area contributed by atoms with Crippen LogP contribution in [0.5, 0.6) is 0 Å². The van der Waals surface area contributed by atoms with Crippen molar-refractivity contribution in [2.24, 2.45) is 11.7 Å². The van der Waals surface area contributed by atoms with E-state index in [1.54, 1.807) is 12.1 Å². The Morgan fingerprint density at radius 3 is 2.50 bits per heavy atom. The topological polar surface area (TPSA) is 72.2 Å². The summed E-state index contributed by atoms with van der Waals surface area (Å²) in [6.45, 7) is 0. The van der Waals surface area contributed by atoms with Crippen LogP contribution in [0.25, 0.3) is 0 Å². The van der Waals surface area contributed by atoms with Crippen LogP contribution in [0, 0.1) is 5.92 Å². The van der Waals surface area contributed by atoms with Crippen LogP contribution in [0.1, 0.15) is 18.4 Å². The average Bonchev–Trinajstić information content (AvgIpc) is 3.10. The number of benzene rings is 1. The minimum atomic E-state index is -3.40. The second-order valence-electron chi connectivity index (χ2n) is 4.58. The lowest BCUT2D eigenvalue weighted by Crippen LogP contribution is -2.45. The molecular weight excluding hydrogens is 268 g/mol. The summed E-state index contributed by atoms with van der Waals surface area (Å²) in [5.41, 5.74) is 6.33. The van der Waals surface area contributed by atoms with Gasteiger partial charge >= 0.3 is 0 Å². The summed E-state index contributed by atoms with van der Waals surface area (Å²) < 4.78 is 26.7. The second kappa shape index (κ2) is 5.34.